The fourth-order valence-electron chi connectivity index (χ4n) is 2.73. The molecule has 0 unspecified atom stereocenters. The number of likely N-dealkylation sites (tertiary alicyclic amines) is 1. The number of carbonyl (C=O) groups is 2. The zero-order chi connectivity index (χ0) is 15.6. The van der Waals surface area contributed by atoms with Crippen molar-refractivity contribution in [3.05, 3.63) is 23.0 Å². The summed E-state index contributed by atoms with van der Waals surface area (Å²) in [6.07, 6.45) is 5.42. The first kappa shape index (κ1) is 15.3. The number of aryl methyl sites for hydroxylation is 2. The van der Waals surface area contributed by atoms with E-state index in [2.05, 4.69) is 5.10 Å². The van der Waals surface area contributed by atoms with Crippen LogP contribution in [0, 0.1) is 13.8 Å². The summed E-state index contributed by atoms with van der Waals surface area (Å²) < 4.78 is 1.76. The summed E-state index contributed by atoms with van der Waals surface area (Å²) in [5, 5.41) is 13.5. The Kier molecular flexibility index (Phi) is 4.45. The Bertz CT molecular complexity index is 589. The lowest BCUT2D eigenvalue weighted by molar-refractivity contribution is -0.150. The second-order valence-electron chi connectivity index (χ2n) is 5.42. The van der Waals surface area contributed by atoms with Gasteiger partial charge in [0.05, 0.1) is 5.69 Å². The maximum absolute atomic E-state index is 12.3. The summed E-state index contributed by atoms with van der Waals surface area (Å²) >= 11 is 0. The molecule has 0 bridgehead atoms. The molecule has 1 aliphatic rings. The normalized spacial score (nSPS) is 19.2. The number of rotatable bonds is 3. The van der Waals surface area contributed by atoms with Crippen molar-refractivity contribution in [2.75, 3.05) is 6.54 Å². The van der Waals surface area contributed by atoms with Gasteiger partial charge in [-0.05, 0) is 39.2 Å². The van der Waals surface area contributed by atoms with E-state index in [1.165, 1.54) is 11.0 Å². The van der Waals surface area contributed by atoms with E-state index in [9.17, 15) is 14.7 Å². The molecule has 1 amide bonds. The highest BCUT2D eigenvalue weighted by atomic mass is 16.4. The molecule has 0 saturated carbocycles. The minimum absolute atomic E-state index is 0.246. The number of carbonyl (C=O) groups excluding carboxylic acids is 1. The molecule has 1 saturated heterocycles. The van der Waals surface area contributed by atoms with Crippen LogP contribution in [0.4, 0.5) is 0 Å². The summed E-state index contributed by atoms with van der Waals surface area (Å²) in [4.78, 5) is 24.9. The highest BCUT2D eigenvalue weighted by molar-refractivity contribution is 5.94. The van der Waals surface area contributed by atoms with Crippen LogP contribution in [0.5, 0.6) is 0 Å². The van der Waals surface area contributed by atoms with Gasteiger partial charge in [-0.2, -0.15) is 5.10 Å². The van der Waals surface area contributed by atoms with Crippen molar-refractivity contribution < 1.29 is 14.7 Å². The third kappa shape index (κ3) is 3.15. The van der Waals surface area contributed by atoms with Crippen LogP contribution in [0.2, 0.25) is 0 Å². The number of amides is 1. The van der Waals surface area contributed by atoms with Crippen LogP contribution in [0.25, 0.3) is 6.08 Å². The Labute approximate surface area is 124 Å². The lowest BCUT2D eigenvalue weighted by Gasteiger charge is -2.32. The molecule has 2 heterocycles. The first-order valence-electron chi connectivity index (χ1n) is 7.13. The van der Waals surface area contributed by atoms with Crippen LogP contribution in [0.1, 0.15) is 36.2 Å². The number of hydrogen-bond donors (Lipinski definition) is 1. The molecular weight excluding hydrogens is 270 g/mol. The SMILES string of the molecule is Cc1nn(C)c(C)c1C=CC(=O)N1CCCC[C@@H]1C(=O)O. The molecule has 1 N–H and O–H groups in total. The van der Waals surface area contributed by atoms with Crippen LogP contribution in [0.15, 0.2) is 6.08 Å². The third-order valence-corrected chi connectivity index (χ3v) is 4.03. The molecular formula is C15H21N3O3. The first-order valence-corrected chi connectivity index (χ1v) is 7.13. The van der Waals surface area contributed by atoms with Gasteiger partial charge in [0.15, 0.2) is 0 Å². The fraction of sp³-hybridized carbons (Fsp3) is 0.533. The van der Waals surface area contributed by atoms with Gasteiger partial charge in [0.25, 0.3) is 0 Å². The molecule has 1 fully saturated rings. The van der Waals surface area contributed by atoms with E-state index < -0.39 is 12.0 Å². The maximum atomic E-state index is 12.3. The second kappa shape index (κ2) is 6.11. The van der Waals surface area contributed by atoms with E-state index in [1.807, 2.05) is 20.9 Å². The largest absolute Gasteiger partial charge is 0.480 e. The number of aromatic nitrogens is 2. The number of hydrogen-bond acceptors (Lipinski definition) is 3. The van der Waals surface area contributed by atoms with Crippen molar-refractivity contribution in [3.8, 4) is 0 Å². The second-order valence-corrected chi connectivity index (χ2v) is 5.42. The molecule has 114 valence electrons. The zero-order valence-electron chi connectivity index (χ0n) is 12.7. The van der Waals surface area contributed by atoms with Gasteiger partial charge in [-0.15, -0.1) is 0 Å². The summed E-state index contributed by atoms with van der Waals surface area (Å²) in [6, 6.07) is -0.702. The van der Waals surface area contributed by atoms with Gasteiger partial charge >= 0.3 is 5.97 Å². The van der Waals surface area contributed by atoms with E-state index in [1.54, 1.807) is 10.8 Å². The smallest absolute Gasteiger partial charge is 0.326 e. The van der Waals surface area contributed by atoms with Crippen molar-refractivity contribution >= 4 is 18.0 Å². The highest BCUT2D eigenvalue weighted by Gasteiger charge is 2.30. The van der Waals surface area contributed by atoms with E-state index in [0.717, 1.165) is 29.8 Å². The average molecular weight is 291 g/mol. The van der Waals surface area contributed by atoms with E-state index >= 15 is 0 Å². The number of piperidine rings is 1. The van der Waals surface area contributed by atoms with Gasteiger partial charge in [0.1, 0.15) is 6.04 Å². The monoisotopic (exact) mass is 291 g/mol. The Morgan fingerprint density at radius 2 is 2.05 bits per heavy atom. The van der Waals surface area contributed by atoms with Crippen molar-refractivity contribution in [3.63, 3.8) is 0 Å². The molecule has 1 aliphatic heterocycles. The van der Waals surface area contributed by atoms with Gasteiger partial charge < -0.3 is 10.0 Å². The van der Waals surface area contributed by atoms with Crippen molar-refractivity contribution in [1.82, 2.24) is 14.7 Å². The zero-order valence-corrected chi connectivity index (χ0v) is 12.7. The van der Waals surface area contributed by atoms with E-state index in [4.69, 9.17) is 0 Å². The topological polar surface area (TPSA) is 75.4 Å². The predicted octanol–water partition coefficient (Wildman–Crippen LogP) is 1.52. The van der Waals surface area contributed by atoms with Crippen LogP contribution in [-0.4, -0.2) is 44.3 Å². The molecule has 0 radical (unpaired) electrons. The Morgan fingerprint density at radius 3 is 2.62 bits per heavy atom. The summed E-state index contributed by atoms with van der Waals surface area (Å²) in [5.74, 6) is -1.17. The Balaban J connectivity index is 2.16. The van der Waals surface area contributed by atoms with E-state index in [0.29, 0.717) is 13.0 Å². The molecule has 2 rings (SSSR count). The Morgan fingerprint density at radius 1 is 1.33 bits per heavy atom. The predicted molar refractivity (Wildman–Crippen MR) is 78.7 cm³/mol. The molecule has 0 aliphatic carbocycles. The molecule has 6 nitrogen and oxygen atoms in total. The lowest BCUT2D eigenvalue weighted by atomic mass is 10.0. The number of carboxylic acids is 1. The van der Waals surface area contributed by atoms with Crippen molar-refractivity contribution in [2.45, 2.75) is 39.2 Å². The molecule has 0 aromatic carbocycles. The van der Waals surface area contributed by atoms with Gasteiger partial charge in [-0.25, -0.2) is 4.79 Å². The van der Waals surface area contributed by atoms with Crippen molar-refractivity contribution in [2.24, 2.45) is 7.05 Å². The average Bonchev–Trinajstić information content (AvgIpc) is 2.70. The molecule has 21 heavy (non-hydrogen) atoms. The minimum Gasteiger partial charge on any atom is -0.480 e. The minimum atomic E-state index is -0.926. The lowest BCUT2D eigenvalue weighted by Crippen LogP contribution is -2.47. The summed E-state index contributed by atoms with van der Waals surface area (Å²) in [6.45, 7) is 4.33. The maximum Gasteiger partial charge on any atom is 0.326 e. The summed E-state index contributed by atoms with van der Waals surface area (Å²) in [5.41, 5.74) is 2.74. The van der Waals surface area contributed by atoms with E-state index in [-0.39, 0.29) is 5.91 Å². The van der Waals surface area contributed by atoms with Crippen LogP contribution >= 0.6 is 0 Å². The summed E-state index contributed by atoms with van der Waals surface area (Å²) in [7, 11) is 1.85. The molecule has 0 spiro atoms. The Hall–Kier alpha value is -2.11. The molecule has 1 aromatic rings. The van der Waals surface area contributed by atoms with Gasteiger partial charge in [0, 0.05) is 30.9 Å². The highest BCUT2D eigenvalue weighted by Crippen LogP contribution is 2.19. The van der Waals surface area contributed by atoms with Crippen LogP contribution in [-0.2, 0) is 16.6 Å². The van der Waals surface area contributed by atoms with Gasteiger partial charge in [-0.1, -0.05) is 0 Å². The number of nitrogens with zero attached hydrogens (tertiary/aromatic N) is 3. The fourth-order valence-corrected chi connectivity index (χ4v) is 2.73. The van der Waals surface area contributed by atoms with Gasteiger partial charge in [0.2, 0.25) is 5.91 Å². The molecule has 1 aromatic heterocycles. The third-order valence-electron chi connectivity index (χ3n) is 4.03. The number of carboxylic acid groups (broad SMARTS) is 1. The van der Waals surface area contributed by atoms with Crippen molar-refractivity contribution in [1.29, 1.82) is 0 Å². The number of aliphatic carboxylic acids is 1. The standard InChI is InChI=1S/C15H21N3O3/c1-10-12(11(2)17(3)16-10)7-8-14(19)18-9-5-4-6-13(18)15(20)21/h7-8,13H,4-6,9H2,1-3H3,(H,20,21)/t13-/m1/s1. The quantitative estimate of drug-likeness (QED) is 0.857. The van der Waals surface area contributed by atoms with Crippen LogP contribution in [0.3, 0.4) is 0 Å². The molecule has 6 heteroatoms. The first-order chi connectivity index (χ1) is 9.91. The molecule has 1 atom stereocenters. The van der Waals surface area contributed by atoms with Crippen LogP contribution < -0.4 is 0 Å². The van der Waals surface area contributed by atoms with Gasteiger partial charge in [-0.3, -0.25) is 9.48 Å².